The number of hydrogen-bond donors (Lipinski definition) is 4. The van der Waals surface area contributed by atoms with Gasteiger partial charge in [0.25, 0.3) is 0 Å². The second-order valence-electron chi connectivity index (χ2n) is 14.5. The van der Waals surface area contributed by atoms with Crippen molar-refractivity contribution in [1.29, 1.82) is 5.41 Å². The molecule has 51 heavy (non-hydrogen) atoms. The molecule has 1 unspecified atom stereocenters. The molecule has 0 saturated heterocycles. The lowest BCUT2D eigenvalue weighted by molar-refractivity contribution is -0.144. The van der Waals surface area contributed by atoms with Gasteiger partial charge in [-0.2, -0.15) is 11.8 Å². The summed E-state index contributed by atoms with van der Waals surface area (Å²) < 4.78 is 12.8. The van der Waals surface area contributed by atoms with Gasteiger partial charge in [-0.15, -0.1) is 0 Å². The smallest absolute Gasteiger partial charge is 0.329 e. The molecule has 0 bridgehead atoms. The minimum atomic E-state index is -1.07. The van der Waals surface area contributed by atoms with Gasteiger partial charge < -0.3 is 30.6 Å². The number of ether oxygens (including phenoxy) is 2. The van der Waals surface area contributed by atoms with E-state index in [1.54, 1.807) is 30.0 Å². The highest BCUT2D eigenvalue weighted by atomic mass is 35.5. The van der Waals surface area contributed by atoms with Gasteiger partial charge in [-0.3, -0.25) is 4.98 Å². The Morgan fingerprint density at radius 1 is 1.14 bits per heavy atom. The first-order chi connectivity index (χ1) is 24.7. The van der Waals surface area contributed by atoms with Gasteiger partial charge in [-0.25, -0.2) is 4.79 Å². The molecule has 6 rings (SSSR count). The summed E-state index contributed by atoms with van der Waals surface area (Å²) in [5.74, 6) is 3.34. The average molecular weight is 731 g/mol. The summed E-state index contributed by atoms with van der Waals surface area (Å²) in [7, 11) is 1.88. The Balaban J connectivity index is 1.19. The van der Waals surface area contributed by atoms with E-state index >= 15 is 0 Å². The van der Waals surface area contributed by atoms with Crippen molar-refractivity contribution in [1.82, 2.24) is 10.3 Å². The molecule has 3 aliphatic rings. The molecular formula is C41H51ClN4O4S. The van der Waals surface area contributed by atoms with Crippen molar-refractivity contribution in [3.8, 4) is 11.5 Å². The van der Waals surface area contributed by atoms with Crippen LogP contribution in [0.1, 0.15) is 74.3 Å². The number of rotatable bonds is 16. The fourth-order valence-electron chi connectivity index (χ4n) is 8.53. The molecule has 0 amide bonds. The average Bonchev–Trinajstić information content (AvgIpc) is 3.42. The van der Waals surface area contributed by atoms with Gasteiger partial charge in [0, 0.05) is 58.6 Å². The Morgan fingerprint density at radius 2 is 1.96 bits per heavy atom. The summed E-state index contributed by atoms with van der Waals surface area (Å²) in [5, 5.41) is 25.1. The quantitative estimate of drug-likeness (QED) is 0.0857. The fourth-order valence-corrected chi connectivity index (χ4v) is 9.53. The second kappa shape index (κ2) is 16.8. The molecule has 2 aromatic carbocycles. The lowest BCUT2D eigenvalue weighted by Gasteiger charge is -2.47. The van der Waals surface area contributed by atoms with Gasteiger partial charge in [-0.1, -0.05) is 30.7 Å². The molecule has 8 nitrogen and oxygen atoms in total. The third-order valence-corrected chi connectivity index (χ3v) is 12.4. The zero-order valence-corrected chi connectivity index (χ0v) is 31.4. The number of aryl methyl sites for hydroxylation is 1. The van der Waals surface area contributed by atoms with Gasteiger partial charge in [0.2, 0.25) is 0 Å². The minimum absolute atomic E-state index is 0.151. The number of aliphatic carboxylic acids is 1. The number of allylic oxidation sites excluding steroid dienone is 1. The van der Waals surface area contributed by atoms with Crippen molar-refractivity contribution in [2.45, 2.75) is 82.1 Å². The summed E-state index contributed by atoms with van der Waals surface area (Å²) in [5.41, 5.74) is 5.66. The predicted molar refractivity (Wildman–Crippen MR) is 208 cm³/mol. The van der Waals surface area contributed by atoms with Crippen LogP contribution in [0, 0.1) is 17.2 Å². The molecule has 1 fully saturated rings. The number of nitrogens with zero attached hydrogens (tertiary/aromatic N) is 1. The lowest BCUT2D eigenvalue weighted by Crippen LogP contribution is -2.53. The number of nitrogens with one attached hydrogen (secondary N) is 3. The number of thioether (sulfide) groups is 1. The van der Waals surface area contributed by atoms with E-state index in [-0.39, 0.29) is 5.41 Å². The Kier molecular flexibility index (Phi) is 12.2. The highest BCUT2D eigenvalue weighted by Crippen LogP contribution is 2.56. The first kappa shape index (κ1) is 37.1. The third kappa shape index (κ3) is 8.52. The summed E-state index contributed by atoms with van der Waals surface area (Å²) in [4.78, 5) is 17.6. The van der Waals surface area contributed by atoms with E-state index < -0.39 is 11.5 Å². The Morgan fingerprint density at radius 3 is 2.73 bits per heavy atom. The maximum Gasteiger partial charge on any atom is 0.329 e. The molecule has 1 spiro atoms. The summed E-state index contributed by atoms with van der Waals surface area (Å²) in [6.07, 6.45) is 13.9. The number of carboxylic acids is 1. The number of carbonyl (C=O) groups is 1. The van der Waals surface area contributed by atoms with E-state index in [0.717, 1.165) is 72.9 Å². The number of hydrogen-bond acceptors (Lipinski definition) is 8. The Labute approximate surface area is 311 Å². The summed E-state index contributed by atoms with van der Waals surface area (Å²) in [6.45, 7) is 3.52. The van der Waals surface area contributed by atoms with E-state index in [0.29, 0.717) is 42.9 Å². The molecule has 4 N–H and O–H groups in total. The van der Waals surface area contributed by atoms with Crippen LogP contribution in [0.3, 0.4) is 0 Å². The van der Waals surface area contributed by atoms with Crippen molar-refractivity contribution in [2.75, 3.05) is 37.1 Å². The number of anilines is 1. The van der Waals surface area contributed by atoms with Crippen LogP contribution in [0.15, 0.2) is 66.5 Å². The van der Waals surface area contributed by atoms with Crippen molar-refractivity contribution in [3.63, 3.8) is 0 Å². The van der Waals surface area contributed by atoms with Gasteiger partial charge in [0.15, 0.2) is 0 Å². The molecule has 10 heteroatoms. The van der Waals surface area contributed by atoms with Gasteiger partial charge in [0.05, 0.1) is 13.2 Å². The van der Waals surface area contributed by atoms with Crippen LogP contribution in [0.2, 0.25) is 5.02 Å². The molecule has 2 atom stereocenters. The molecule has 1 aromatic heterocycles. The molecular weight excluding hydrogens is 680 g/mol. The summed E-state index contributed by atoms with van der Waals surface area (Å²) in [6, 6.07) is 16.0. The van der Waals surface area contributed by atoms with Gasteiger partial charge >= 0.3 is 5.97 Å². The maximum atomic E-state index is 13.0. The Bertz CT molecular complexity index is 1720. The van der Waals surface area contributed by atoms with Crippen molar-refractivity contribution in [3.05, 3.63) is 93.9 Å². The zero-order chi connectivity index (χ0) is 35.8. The van der Waals surface area contributed by atoms with Crippen molar-refractivity contribution in [2.24, 2.45) is 11.8 Å². The monoisotopic (exact) mass is 730 g/mol. The topological polar surface area (TPSA) is 117 Å². The highest BCUT2D eigenvalue weighted by molar-refractivity contribution is 7.99. The number of fused-ring (bicyclic) bond motifs is 3. The molecule has 0 radical (unpaired) electrons. The number of aromatic nitrogens is 1. The normalized spacial score (nSPS) is 23.2. The Hall–Kier alpha value is -3.69. The van der Waals surface area contributed by atoms with Crippen molar-refractivity contribution >= 4 is 41.2 Å². The molecule has 3 aliphatic carbocycles. The van der Waals surface area contributed by atoms with Gasteiger partial charge in [0.1, 0.15) is 17.0 Å². The van der Waals surface area contributed by atoms with Gasteiger partial charge in [-0.05, 0) is 135 Å². The van der Waals surface area contributed by atoms with Crippen molar-refractivity contribution < 1.29 is 19.4 Å². The van der Waals surface area contributed by atoms with Crippen LogP contribution in [-0.2, 0) is 29.5 Å². The zero-order valence-electron chi connectivity index (χ0n) is 29.8. The highest BCUT2D eigenvalue weighted by Gasteiger charge is 2.54. The van der Waals surface area contributed by atoms with Crippen LogP contribution < -0.4 is 20.1 Å². The molecule has 1 heterocycles. The number of pyridine rings is 1. The predicted octanol–water partition coefficient (Wildman–Crippen LogP) is 8.50. The SMILES string of the molecule is CN/C(=C\C=N)CSCCOc1ccc2c(c1)C1(CCC(Nc3cccc(Cl)c3)(C(=O)O)CC1)C(C[C@@H](C)COc1ccnc3c1CCCC3)C2. The van der Waals surface area contributed by atoms with E-state index in [4.69, 9.17) is 26.5 Å². The molecule has 0 aliphatic heterocycles. The first-order valence-corrected chi connectivity index (χ1v) is 19.9. The second-order valence-corrected chi connectivity index (χ2v) is 16.0. The lowest BCUT2D eigenvalue weighted by atomic mass is 9.59. The van der Waals surface area contributed by atoms with Crippen LogP contribution in [0.5, 0.6) is 11.5 Å². The fraction of sp³-hybridized carbons (Fsp3) is 0.488. The standard InChI is InChI=1S/C41H51ClN4O4S/c1-28(26-50-38-13-19-45-37-9-4-3-8-35(37)38)22-30-23-29-10-11-34(49-20-21-51-27-33(44-2)12-18-43)25-36(29)40(30)14-16-41(17-15-40,39(47)48)46-32-7-5-6-31(42)24-32/h5-7,10-13,18-19,24-25,28,30,43-44,46H,3-4,8-9,14-17,20-23,26-27H2,1-2H3,(H,47,48)/b33-12-,43-18?/t28-,30?,40?,41?/m1/s1. The van der Waals surface area contributed by atoms with Crippen LogP contribution in [0.25, 0.3) is 0 Å². The van der Waals surface area contributed by atoms with Crippen LogP contribution >= 0.6 is 23.4 Å². The van der Waals surface area contributed by atoms with Crippen LogP contribution in [-0.4, -0.2) is 59.6 Å². The molecule has 3 aromatic rings. The van der Waals surface area contributed by atoms with E-state index in [1.807, 2.05) is 31.4 Å². The van der Waals surface area contributed by atoms with E-state index in [9.17, 15) is 9.90 Å². The largest absolute Gasteiger partial charge is 0.493 e. The number of benzene rings is 2. The molecule has 1 saturated carbocycles. The minimum Gasteiger partial charge on any atom is -0.493 e. The first-order valence-electron chi connectivity index (χ1n) is 18.3. The summed E-state index contributed by atoms with van der Waals surface area (Å²) >= 11 is 8.05. The van der Waals surface area contributed by atoms with E-state index in [2.05, 4.69) is 40.7 Å². The van der Waals surface area contributed by atoms with E-state index in [1.165, 1.54) is 41.4 Å². The number of carboxylic acid groups (broad SMARTS) is 1. The number of halogens is 1. The van der Waals surface area contributed by atoms with Crippen LogP contribution in [0.4, 0.5) is 5.69 Å². The molecule has 272 valence electrons. The third-order valence-electron chi connectivity index (χ3n) is 11.2. The maximum absolute atomic E-state index is 13.0.